The van der Waals surface area contributed by atoms with E-state index in [1.807, 2.05) is 0 Å². The molecule has 1 aromatic carbocycles. The molecule has 1 atom stereocenters. The Labute approximate surface area is 83.8 Å². The van der Waals surface area contributed by atoms with Crippen molar-refractivity contribution in [3.63, 3.8) is 0 Å². The van der Waals surface area contributed by atoms with Gasteiger partial charge in [0.15, 0.2) is 17.6 Å². The van der Waals surface area contributed by atoms with E-state index in [4.69, 9.17) is 26.9 Å². The maximum atomic E-state index is 10.4. The highest BCUT2D eigenvalue weighted by Crippen LogP contribution is 2.38. The van der Waals surface area contributed by atoms with E-state index in [2.05, 4.69) is 0 Å². The van der Waals surface area contributed by atoms with Gasteiger partial charge in [0, 0.05) is 5.56 Å². The van der Waals surface area contributed by atoms with Crippen molar-refractivity contribution < 1.29 is 25.2 Å². The van der Waals surface area contributed by atoms with Crippen LogP contribution in [0.15, 0.2) is 12.1 Å². The summed E-state index contributed by atoms with van der Waals surface area (Å²) in [6.07, 6.45) is -1.89. The molecule has 0 aliphatic rings. The first-order valence-corrected chi connectivity index (χ1v) is 3.94. The summed E-state index contributed by atoms with van der Waals surface area (Å²) in [5, 5.41) is 35.8. The van der Waals surface area contributed by atoms with E-state index < -0.39 is 23.6 Å². The summed E-state index contributed by atoms with van der Waals surface area (Å²) in [5.41, 5.74) is -0.306. The third-order valence-corrected chi connectivity index (χ3v) is 1.97. The summed E-state index contributed by atoms with van der Waals surface area (Å²) < 4.78 is 0. The number of aromatic hydroxyl groups is 2. The highest BCUT2D eigenvalue weighted by atomic mass is 35.5. The van der Waals surface area contributed by atoms with E-state index in [0.717, 1.165) is 6.07 Å². The second kappa shape index (κ2) is 3.73. The van der Waals surface area contributed by atoms with Gasteiger partial charge in [0.1, 0.15) is 0 Å². The molecule has 14 heavy (non-hydrogen) atoms. The lowest BCUT2D eigenvalue weighted by molar-refractivity contribution is -0.147. The summed E-state index contributed by atoms with van der Waals surface area (Å²) >= 11 is 5.43. The van der Waals surface area contributed by atoms with Gasteiger partial charge in [0.2, 0.25) is 0 Å². The van der Waals surface area contributed by atoms with Gasteiger partial charge < -0.3 is 20.4 Å². The van der Waals surface area contributed by atoms with Crippen molar-refractivity contribution in [2.45, 2.75) is 6.10 Å². The molecule has 0 aliphatic carbocycles. The van der Waals surface area contributed by atoms with Crippen molar-refractivity contribution in [2.75, 3.05) is 0 Å². The fourth-order valence-corrected chi connectivity index (χ4v) is 1.08. The van der Waals surface area contributed by atoms with Crippen LogP contribution in [0.1, 0.15) is 11.7 Å². The molecule has 0 saturated carbocycles. The van der Waals surface area contributed by atoms with Gasteiger partial charge in [0.25, 0.3) is 0 Å². The Bertz CT molecular complexity index is 376. The molecule has 1 rings (SSSR count). The summed E-state index contributed by atoms with van der Waals surface area (Å²) in [6.45, 7) is 0. The Morgan fingerprint density at radius 3 is 2.36 bits per heavy atom. The molecule has 0 saturated heterocycles. The first kappa shape index (κ1) is 10.6. The number of hydrogen-bond acceptors (Lipinski definition) is 4. The van der Waals surface area contributed by atoms with Gasteiger partial charge in [-0.25, -0.2) is 4.79 Å². The molecule has 0 bridgehead atoms. The molecule has 0 radical (unpaired) electrons. The largest absolute Gasteiger partial charge is 0.504 e. The number of halogens is 1. The van der Waals surface area contributed by atoms with Gasteiger partial charge >= 0.3 is 5.97 Å². The van der Waals surface area contributed by atoms with Gasteiger partial charge in [-0.2, -0.15) is 0 Å². The SMILES string of the molecule is O=C(O)C(O)c1ccc(Cl)c(O)c1O. The molecular formula is C8H7ClO5. The van der Waals surface area contributed by atoms with E-state index in [9.17, 15) is 9.90 Å². The quantitative estimate of drug-likeness (QED) is 0.552. The van der Waals surface area contributed by atoms with Gasteiger partial charge in [-0.3, -0.25) is 0 Å². The molecule has 6 heteroatoms. The Morgan fingerprint density at radius 2 is 1.86 bits per heavy atom. The number of aliphatic hydroxyl groups excluding tert-OH is 1. The van der Waals surface area contributed by atoms with Crippen molar-refractivity contribution in [3.8, 4) is 11.5 Å². The second-order valence-corrected chi connectivity index (χ2v) is 2.98. The van der Waals surface area contributed by atoms with E-state index in [1.165, 1.54) is 6.07 Å². The maximum absolute atomic E-state index is 10.4. The minimum Gasteiger partial charge on any atom is -0.504 e. The number of carbonyl (C=O) groups is 1. The number of rotatable bonds is 2. The van der Waals surface area contributed by atoms with Crippen LogP contribution < -0.4 is 0 Å². The van der Waals surface area contributed by atoms with Crippen LogP contribution in [0.4, 0.5) is 0 Å². The number of phenols is 2. The molecule has 5 nitrogen and oxygen atoms in total. The number of hydrogen-bond donors (Lipinski definition) is 4. The third-order valence-electron chi connectivity index (χ3n) is 1.66. The standard InChI is InChI=1S/C8H7ClO5/c9-4-2-1-3(5(10)7(4)12)6(11)8(13)14/h1-2,6,10-12H,(H,13,14). The van der Waals surface area contributed by atoms with Crippen molar-refractivity contribution in [3.05, 3.63) is 22.7 Å². The lowest BCUT2D eigenvalue weighted by atomic mass is 10.1. The molecule has 4 N–H and O–H groups in total. The zero-order valence-electron chi connectivity index (χ0n) is 6.81. The van der Waals surface area contributed by atoms with Crippen molar-refractivity contribution in [2.24, 2.45) is 0 Å². The van der Waals surface area contributed by atoms with E-state index in [0.29, 0.717) is 0 Å². The highest BCUT2D eigenvalue weighted by Gasteiger charge is 2.22. The Kier molecular flexibility index (Phi) is 2.83. The molecule has 0 spiro atoms. The van der Waals surface area contributed by atoms with Crippen LogP contribution in [0.3, 0.4) is 0 Å². The van der Waals surface area contributed by atoms with Crippen LogP contribution in [0.25, 0.3) is 0 Å². The Balaban J connectivity index is 3.24. The zero-order chi connectivity index (χ0) is 10.9. The number of aliphatic hydroxyl groups is 1. The van der Waals surface area contributed by atoms with Crippen LogP contribution in [0, 0.1) is 0 Å². The van der Waals surface area contributed by atoms with Crippen LogP contribution in [-0.2, 0) is 4.79 Å². The topological polar surface area (TPSA) is 98.0 Å². The molecule has 0 heterocycles. The van der Waals surface area contributed by atoms with Crippen LogP contribution in [-0.4, -0.2) is 26.4 Å². The molecular weight excluding hydrogens is 212 g/mol. The van der Waals surface area contributed by atoms with Crippen molar-refractivity contribution in [1.82, 2.24) is 0 Å². The van der Waals surface area contributed by atoms with Crippen molar-refractivity contribution in [1.29, 1.82) is 0 Å². The third kappa shape index (κ3) is 1.73. The summed E-state index contributed by atoms with van der Waals surface area (Å²) in [7, 11) is 0. The second-order valence-electron chi connectivity index (χ2n) is 2.57. The summed E-state index contributed by atoms with van der Waals surface area (Å²) in [5.74, 6) is -2.90. The zero-order valence-corrected chi connectivity index (χ0v) is 7.56. The molecule has 0 aliphatic heterocycles. The van der Waals surface area contributed by atoms with Crippen LogP contribution in [0.5, 0.6) is 11.5 Å². The monoisotopic (exact) mass is 218 g/mol. The smallest absolute Gasteiger partial charge is 0.337 e. The Morgan fingerprint density at radius 1 is 1.29 bits per heavy atom. The molecule has 1 aromatic rings. The van der Waals surface area contributed by atoms with Gasteiger partial charge in [-0.15, -0.1) is 0 Å². The maximum Gasteiger partial charge on any atom is 0.337 e. The normalized spacial score (nSPS) is 12.4. The summed E-state index contributed by atoms with van der Waals surface area (Å²) in [6, 6.07) is 2.30. The van der Waals surface area contributed by atoms with Gasteiger partial charge in [-0.05, 0) is 6.07 Å². The van der Waals surface area contributed by atoms with Crippen LogP contribution >= 0.6 is 11.6 Å². The van der Waals surface area contributed by atoms with E-state index in [1.54, 1.807) is 0 Å². The average Bonchev–Trinajstić information content (AvgIpc) is 2.13. The average molecular weight is 219 g/mol. The fourth-order valence-electron chi connectivity index (χ4n) is 0.924. The molecule has 0 fully saturated rings. The number of carboxylic acid groups (broad SMARTS) is 1. The van der Waals surface area contributed by atoms with Crippen LogP contribution in [0.2, 0.25) is 5.02 Å². The highest BCUT2D eigenvalue weighted by molar-refractivity contribution is 6.32. The predicted octanol–water partition coefficient (Wildman–Crippen LogP) is 0.869. The first-order valence-electron chi connectivity index (χ1n) is 3.56. The van der Waals surface area contributed by atoms with Crippen molar-refractivity contribution >= 4 is 17.6 Å². The molecule has 0 amide bonds. The van der Waals surface area contributed by atoms with E-state index >= 15 is 0 Å². The summed E-state index contributed by atoms with van der Waals surface area (Å²) in [4.78, 5) is 10.4. The number of phenolic OH excluding ortho intramolecular Hbond substituents is 2. The number of carboxylic acids is 1. The minimum absolute atomic E-state index is 0.121. The predicted molar refractivity (Wildman–Crippen MR) is 47.4 cm³/mol. The lowest BCUT2D eigenvalue weighted by Crippen LogP contribution is -2.10. The number of benzene rings is 1. The Hall–Kier alpha value is -1.46. The van der Waals surface area contributed by atoms with E-state index in [-0.39, 0.29) is 10.6 Å². The first-order chi connectivity index (χ1) is 6.45. The fraction of sp³-hybridized carbons (Fsp3) is 0.125. The minimum atomic E-state index is -1.89. The molecule has 76 valence electrons. The number of aliphatic carboxylic acids is 1. The molecule has 1 unspecified atom stereocenters. The molecule has 0 aromatic heterocycles. The lowest BCUT2D eigenvalue weighted by Gasteiger charge is -2.09. The van der Waals surface area contributed by atoms with Gasteiger partial charge in [0.05, 0.1) is 5.02 Å². The van der Waals surface area contributed by atoms with Gasteiger partial charge in [-0.1, -0.05) is 17.7 Å².